The zero-order valence-electron chi connectivity index (χ0n) is 16.0. The third kappa shape index (κ3) is 4.46. The van der Waals surface area contributed by atoms with E-state index in [0.717, 1.165) is 17.1 Å². The fourth-order valence-corrected chi connectivity index (χ4v) is 3.69. The lowest BCUT2D eigenvalue weighted by Crippen LogP contribution is -2.18. The summed E-state index contributed by atoms with van der Waals surface area (Å²) in [5.41, 5.74) is 6.13. The van der Waals surface area contributed by atoms with Crippen LogP contribution in [-0.2, 0) is 0 Å². The molecule has 1 aromatic heterocycles. The van der Waals surface area contributed by atoms with Crippen LogP contribution in [0.2, 0.25) is 5.02 Å². The Hall–Kier alpha value is -2.77. The molecule has 0 saturated heterocycles. The summed E-state index contributed by atoms with van der Waals surface area (Å²) < 4.78 is 7.84. The number of rotatable bonds is 5. The quantitative estimate of drug-likeness (QED) is 0.402. The van der Waals surface area contributed by atoms with E-state index in [9.17, 15) is 9.90 Å². The first-order chi connectivity index (χ1) is 13.8. The van der Waals surface area contributed by atoms with Crippen molar-refractivity contribution in [1.82, 2.24) is 9.99 Å². The predicted molar refractivity (Wildman–Crippen MR) is 118 cm³/mol. The van der Waals surface area contributed by atoms with E-state index >= 15 is 0 Å². The van der Waals surface area contributed by atoms with Crippen LogP contribution in [0.25, 0.3) is 5.69 Å². The number of ether oxygens (including phenoxy) is 1. The Morgan fingerprint density at radius 3 is 2.52 bits per heavy atom. The Balaban J connectivity index is 1.78. The van der Waals surface area contributed by atoms with E-state index in [4.69, 9.17) is 16.3 Å². The van der Waals surface area contributed by atoms with Crippen LogP contribution in [0.1, 0.15) is 27.3 Å². The zero-order valence-corrected chi connectivity index (χ0v) is 18.4. The largest absolute Gasteiger partial charge is 0.504 e. The van der Waals surface area contributed by atoms with Crippen LogP contribution in [-0.4, -0.2) is 28.9 Å². The molecule has 0 aliphatic carbocycles. The van der Waals surface area contributed by atoms with Gasteiger partial charge in [0, 0.05) is 27.1 Å². The minimum atomic E-state index is -0.458. The molecule has 2 N–H and O–H groups in total. The summed E-state index contributed by atoms with van der Waals surface area (Å²) >= 11 is 9.67. The Morgan fingerprint density at radius 1 is 1.21 bits per heavy atom. The topological polar surface area (TPSA) is 75.8 Å². The van der Waals surface area contributed by atoms with E-state index in [1.165, 1.54) is 13.3 Å². The molecule has 0 aliphatic heterocycles. The zero-order chi connectivity index (χ0) is 21.1. The van der Waals surface area contributed by atoms with Crippen LogP contribution in [0, 0.1) is 13.8 Å². The first kappa shape index (κ1) is 21.0. The number of halogens is 2. The Labute approximate surface area is 181 Å². The standard InChI is InChI=1S/C21H19BrClN3O3/c1-12-4-5-13(2)26(12)16-6-7-17(18(23)10-16)21(28)25-24-11-14-8-15(22)9-19(29-3)20(14)27/h4-11,27H,1-3H3,(H,25,28)/b24-11-. The predicted octanol–water partition coefficient (Wildman–Crippen LogP) is 4.99. The van der Waals surface area contributed by atoms with Crippen LogP contribution < -0.4 is 10.2 Å². The summed E-state index contributed by atoms with van der Waals surface area (Å²) in [6.45, 7) is 4.01. The highest BCUT2D eigenvalue weighted by atomic mass is 79.9. The number of hydrogen-bond donors (Lipinski definition) is 2. The number of carbonyl (C=O) groups is 1. The number of aromatic nitrogens is 1. The molecule has 8 heteroatoms. The number of phenols is 1. The van der Waals surface area contributed by atoms with Gasteiger partial charge in [-0.2, -0.15) is 5.10 Å². The minimum Gasteiger partial charge on any atom is -0.504 e. The van der Waals surface area contributed by atoms with Gasteiger partial charge in [0.1, 0.15) is 0 Å². The van der Waals surface area contributed by atoms with Crippen molar-refractivity contribution in [1.29, 1.82) is 0 Å². The molecule has 1 amide bonds. The van der Waals surface area contributed by atoms with Gasteiger partial charge in [-0.25, -0.2) is 5.43 Å². The number of carbonyl (C=O) groups excluding carboxylic acids is 1. The maximum Gasteiger partial charge on any atom is 0.272 e. The molecular formula is C21H19BrClN3O3. The maximum atomic E-state index is 12.4. The van der Waals surface area contributed by atoms with Crippen LogP contribution in [0.15, 0.2) is 52.0 Å². The van der Waals surface area contributed by atoms with Gasteiger partial charge >= 0.3 is 0 Å². The van der Waals surface area contributed by atoms with Crippen molar-refractivity contribution in [3.63, 3.8) is 0 Å². The van der Waals surface area contributed by atoms with Crippen molar-refractivity contribution in [2.45, 2.75) is 13.8 Å². The Kier molecular flexibility index (Phi) is 6.30. The number of aromatic hydroxyl groups is 1. The summed E-state index contributed by atoms with van der Waals surface area (Å²) in [6, 6.07) is 12.5. The highest BCUT2D eigenvalue weighted by Gasteiger charge is 2.13. The van der Waals surface area contributed by atoms with E-state index < -0.39 is 5.91 Å². The highest BCUT2D eigenvalue weighted by molar-refractivity contribution is 9.10. The molecule has 0 radical (unpaired) electrons. The number of hydrogen-bond acceptors (Lipinski definition) is 4. The number of phenolic OH excluding ortho intramolecular Hbond substituents is 1. The van der Waals surface area contributed by atoms with Crippen molar-refractivity contribution >= 4 is 39.7 Å². The molecular weight excluding hydrogens is 458 g/mol. The van der Waals surface area contributed by atoms with Crippen LogP contribution in [0.5, 0.6) is 11.5 Å². The van der Waals surface area contributed by atoms with Crippen LogP contribution in [0.3, 0.4) is 0 Å². The normalized spacial score (nSPS) is 11.1. The Bertz CT molecular complexity index is 1090. The third-order valence-corrected chi connectivity index (χ3v) is 5.16. The van der Waals surface area contributed by atoms with Crippen molar-refractivity contribution in [2.24, 2.45) is 5.10 Å². The van der Waals surface area contributed by atoms with E-state index in [1.54, 1.807) is 24.3 Å². The molecule has 0 aliphatic rings. The van der Waals surface area contributed by atoms with E-state index in [1.807, 2.05) is 32.0 Å². The molecule has 0 fully saturated rings. The molecule has 0 bridgehead atoms. The highest BCUT2D eigenvalue weighted by Crippen LogP contribution is 2.32. The summed E-state index contributed by atoms with van der Waals surface area (Å²) in [5.74, 6) is -0.241. The first-order valence-electron chi connectivity index (χ1n) is 8.66. The Morgan fingerprint density at radius 2 is 1.90 bits per heavy atom. The van der Waals surface area contributed by atoms with Gasteiger partial charge in [-0.05, 0) is 56.3 Å². The first-order valence-corrected chi connectivity index (χ1v) is 9.83. The van der Waals surface area contributed by atoms with Gasteiger partial charge in [-0.3, -0.25) is 4.79 Å². The number of hydrazone groups is 1. The maximum absolute atomic E-state index is 12.4. The molecule has 0 saturated carbocycles. The van der Waals surface area contributed by atoms with Gasteiger partial charge < -0.3 is 14.4 Å². The number of nitrogens with zero attached hydrogens (tertiary/aromatic N) is 2. The van der Waals surface area contributed by atoms with Gasteiger partial charge in [-0.1, -0.05) is 27.5 Å². The SMILES string of the molecule is COc1cc(Br)cc(/C=N\NC(=O)c2ccc(-n3c(C)ccc3C)cc2Cl)c1O. The van der Waals surface area contributed by atoms with Crippen molar-refractivity contribution in [2.75, 3.05) is 7.11 Å². The average molecular weight is 477 g/mol. The summed E-state index contributed by atoms with van der Waals surface area (Å²) in [5, 5.41) is 14.4. The number of benzene rings is 2. The minimum absolute atomic E-state index is 0.0754. The fraction of sp³-hybridized carbons (Fsp3) is 0.143. The molecule has 0 atom stereocenters. The molecule has 3 rings (SSSR count). The van der Waals surface area contributed by atoms with E-state index in [2.05, 4.69) is 31.0 Å². The molecule has 3 aromatic rings. The van der Waals surface area contributed by atoms with Crippen molar-refractivity contribution < 1.29 is 14.6 Å². The second kappa shape index (κ2) is 8.71. The number of nitrogens with one attached hydrogen (secondary N) is 1. The molecule has 1 heterocycles. The van der Waals surface area contributed by atoms with Crippen molar-refractivity contribution in [3.05, 3.63) is 74.5 Å². The molecule has 2 aromatic carbocycles. The van der Waals surface area contributed by atoms with Crippen LogP contribution >= 0.6 is 27.5 Å². The monoisotopic (exact) mass is 475 g/mol. The second-order valence-corrected chi connectivity index (χ2v) is 7.68. The molecule has 29 heavy (non-hydrogen) atoms. The molecule has 0 spiro atoms. The van der Waals surface area contributed by atoms with Crippen LogP contribution in [0.4, 0.5) is 0 Å². The van der Waals surface area contributed by atoms with Gasteiger partial charge in [0.2, 0.25) is 0 Å². The summed E-state index contributed by atoms with van der Waals surface area (Å²) in [6.07, 6.45) is 1.33. The summed E-state index contributed by atoms with van der Waals surface area (Å²) in [7, 11) is 1.45. The fourth-order valence-electron chi connectivity index (χ4n) is 2.97. The lowest BCUT2D eigenvalue weighted by Gasteiger charge is -2.11. The second-order valence-electron chi connectivity index (χ2n) is 6.36. The van der Waals surface area contributed by atoms with Crippen molar-refractivity contribution in [3.8, 4) is 17.2 Å². The van der Waals surface area contributed by atoms with E-state index in [0.29, 0.717) is 26.4 Å². The molecule has 0 unspecified atom stereocenters. The van der Waals surface area contributed by atoms with Gasteiger partial charge in [0.15, 0.2) is 11.5 Å². The molecule has 6 nitrogen and oxygen atoms in total. The van der Waals surface area contributed by atoms with E-state index in [-0.39, 0.29) is 5.75 Å². The number of amides is 1. The molecule has 150 valence electrons. The number of methoxy groups -OCH3 is 1. The smallest absolute Gasteiger partial charge is 0.272 e. The number of aryl methyl sites for hydroxylation is 2. The summed E-state index contributed by atoms with van der Waals surface area (Å²) in [4.78, 5) is 12.4. The van der Waals surface area contributed by atoms with Gasteiger partial charge in [0.25, 0.3) is 5.91 Å². The van der Waals surface area contributed by atoms with Gasteiger partial charge in [0.05, 0.1) is 23.9 Å². The lowest BCUT2D eigenvalue weighted by molar-refractivity contribution is 0.0955. The van der Waals surface area contributed by atoms with Gasteiger partial charge in [-0.15, -0.1) is 0 Å². The third-order valence-electron chi connectivity index (χ3n) is 4.39. The average Bonchev–Trinajstić information content (AvgIpc) is 3.02. The lowest BCUT2D eigenvalue weighted by atomic mass is 10.2.